The van der Waals surface area contributed by atoms with Gasteiger partial charge in [-0.15, -0.1) is 0 Å². The highest BCUT2D eigenvalue weighted by atomic mass is 16.6. The van der Waals surface area contributed by atoms with Gasteiger partial charge in [-0.2, -0.15) is 0 Å². The highest BCUT2D eigenvalue weighted by Crippen LogP contribution is 2.13. The number of hydrogen-bond acceptors (Lipinski definition) is 5. The van der Waals surface area contributed by atoms with Gasteiger partial charge < -0.3 is 20.0 Å². The lowest BCUT2D eigenvalue weighted by atomic mass is 10.1. The second kappa shape index (κ2) is 7.87. The number of aliphatic hydroxyl groups is 1. The van der Waals surface area contributed by atoms with Gasteiger partial charge in [-0.3, -0.25) is 0 Å². The lowest BCUT2D eigenvalue weighted by Crippen LogP contribution is -2.41. The zero-order valence-electron chi connectivity index (χ0n) is 12.6. The molecule has 5 nitrogen and oxygen atoms in total. The number of hydrogen-bond donors (Lipinski definition) is 2. The average Bonchev–Trinajstić information content (AvgIpc) is 2.41. The fraction of sp³-hybridized carbons (Fsp3) is 0.533. The second-order valence-electron chi connectivity index (χ2n) is 5.58. The molecule has 112 valence electrons. The van der Waals surface area contributed by atoms with Gasteiger partial charge in [0.1, 0.15) is 18.5 Å². The van der Waals surface area contributed by atoms with Gasteiger partial charge in [0.05, 0.1) is 13.3 Å². The molecule has 0 aliphatic heterocycles. The van der Waals surface area contributed by atoms with E-state index in [9.17, 15) is 5.11 Å². The summed E-state index contributed by atoms with van der Waals surface area (Å²) in [6, 6.07) is 7.57. The van der Waals surface area contributed by atoms with E-state index in [4.69, 9.17) is 9.57 Å². The molecule has 1 rings (SSSR count). The molecule has 0 aliphatic carbocycles. The lowest BCUT2D eigenvalue weighted by molar-refractivity contribution is 0.126. The van der Waals surface area contributed by atoms with E-state index in [0.29, 0.717) is 13.2 Å². The van der Waals surface area contributed by atoms with E-state index < -0.39 is 6.10 Å². The fourth-order valence-corrected chi connectivity index (χ4v) is 1.45. The first kappa shape index (κ1) is 16.5. The molecule has 0 heterocycles. The van der Waals surface area contributed by atoms with Crippen molar-refractivity contribution in [3.63, 3.8) is 0 Å². The molecule has 2 N–H and O–H groups in total. The fourth-order valence-electron chi connectivity index (χ4n) is 1.45. The Morgan fingerprint density at radius 2 is 2.15 bits per heavy atom. The first-order valence-electron chi connectivity index (χ1n) is 6.62. The maximum absolute atomic E-state index is 9.68. The Morgan fingerprint density at radius 1 is 1.40 bits per heavy atom. The third kappa shape index (κ3) is 7.11. The van der Waals surface area contributed by atoms with Crippen molar-refractivity contribution < 1.29 is 14.7 Å². The quantitative estimate of drug-likeness (QED) is 0.592. The molecule has 0 amide bonds. The standard InChI is InChI=1S/C15H24N2O3/c1-15(2,3)16-9-13(18)10-17-20-11-12-6-5-7-14(8-12)19-4/h5-8,10,13,16,18H,9,11H2,1-4H3/b17-10+. The van der Waals surface area contributed by atoms with Crippen molar-refractivity contribution in [2.45, 2.75) is 39.0 Å². The van der Waals surface area contributed by atoms with Crippen LogP contribution in [-0.4, -0.2) is 36.6 Å². The van der Waals surface area contributed by atoms with Gasteiger partial charge in [-0.1, -0.05) is 17.3 Å². The first-order valence-corrected chi connectivity index (χ1v) is 6.62. The normalized spacial score (nSPS) is 13.4. The van der Waals surface area contributed by atoms with Crippen LogP contribution in [0.4, 0.5) is 0 Å². The van der Waals surface area contributed by atoms with Crippen molar-refractivity contribution in [2.24, 2.45) is 5.16 Å². The summed E-state index contributed by atoms with van der Waals surface area (Å²) >= 11 is 0. The van der Waals surface area contributed by atoms with Crippen molar-refractivity contribution in [3.8, 4) is 5.75 Å². The van der Waals surface area contributed by atoms with Gasteiger partial charge in [0.2, 0.25) is 0 Å². The molecule has 0 saturated carbocycles. The van der Waals surface area contributed by atoms with E-state index in [1.165, 1.54) is 6.21 Å². The molecule has 0 aromatic heterocycles. The van der Waals surface area contributed by atoms with Gasteiger partial charge >= 0.3 is 0 Å². The summed E-state index contributed by atoms with van der Waals surface area (Å²) in [5.74, 6) is 0.782. The predicted molar refractivity (Wildman–Crippen MR) is 80.0 cm³/mol. The number of β-amino-alcohol motifs (C(OH)–C–C–N with tert-alkyl or cyclic N) is 1. The number of benzene rings is 1. The van der Waals surface area contributed by atoms with Crippen molar-refractivity contribution in [1.29, 1.82) is 0 Å². The smallest absolute Gasteiger partial charge is 0.142 e. The predicted octanol–water partition coefficient (Wildman–Crippen LogP) is 1.95. The Labute approximate surface area is 120 Å². The van der Waals surface area contributed by atoms with Crippen LogP contribution in [0.15, 0.2) is 29.4 Å². The van der Waals surface area contributed by atoms with Crippen LogP contribution in [0, 0.1) is 0 Å². The molecule has 0 aliphatic rings. The number of methoxy groups -OCH3 is 1. The molecule has 1 aromatic rings. The zero-order valence-corrected chi connectivity index (χ0v) is 12.6. The molecule has 5 heteroatoms. The number of rotatable bonds is 7. The minimum Gasteiger partial charge on any atom is -0.497 e. The highest BCUT2D eigenvalue weighted by Gasteiger charge is 2.10. The molecule has 0 saturated heterocycles. The van der Waals surface area contributed by atoms with Crippen LogP contribution in [0.5, 0.6) is 5.75 Å². The Morgan fingerprint density at radius 3 is 2.80 bits per heavy atom. The van der Waals surface area contributed by atoms with E-state index in [1.807, 2.05) is 45.0 Å². The van der Waals surface area contributed by atoms with E-state index in [-0.39, 0.29) is 5.54 Å². The van der Waals surface area contributed by atoms with Crippen molar-refractivity contribution in [3.05, 3.63) is 29.8 Å². The summed E-state index contributed by atoms with van der Waals surface area (Å²) in [4.78, 5) is 5.15. The molecular weight excluding hydrogens is 256 g/mol. The molecule has 20 heavy (non-hydrogen) atoms. The molecular formula is C15H24N2O3. The molecule has 0 bridgehead atoms. The van der Waals surface area contributed by atoms with E-state index >= 15 is 0 Å². The minimum atomic E-state index is -0.667. The third-order valence-electron chi connectivity index (χ3n) is 2.51. The number of nitrogens with one attached hydrogen (secondary N) is 1. The van der Waals surface area contributed by atoms with Crippen molar-refractivity contribution >= 4 is 6.21 Å². The first-order chi connectivity index (χ1) is 9.40. The Bertz CT molecular complexity index is 427. The molecule has 0 spiro atoms. The van der Waals surface area contributed by atoms with Gasteiger partial charge in [0.25, 0.3) is 0 Å². The number of oxime groups is 1. The Balaban J connectivity index is 2.30. The minimum absolute atomic E-state index is 0.0315. The van der Waals surface area contributed by atoms with Gasteiger partial charge in [-0.05, 0) is 38.5 Å². The summed E-state index contributed by atoms with van der Waals surface area (Å²) < 4.78 is 5.12. The molecule has 1 unspecified atom stereocenters. The van der Waals surface area contributed by atoms with Crippen LogP contribution in [-0.2, 0) is 11.4 Å². The lowest BCUT2D eigenvalue weighted by Gasteiger charge is -2.21. The molecule has 0 radical (unpaired) electrons. The second-order valence-corrected chi connectivity index (χ2v) is 5.58. The highest BCUT2D eigenvalue weighted by molar-refractivity contribution is 5.62. The zero-order chi connectivity index (χ0) is 15.0. The number of nitrogens with zero attached hydrogens (tertiary/aromatic N) is 1. The van der Waals surface area contributed by atoms with E-state index in [0.717, 1.165) is 11.3 Å². The van der Waals surface area contributed by atoms with E-state index in [1.54, 1.807) is 7.11 Å². The summed E-state index contributed by atoms with van der Waals surface area (Å²) in [6.45, 7) is 6.89. The monoisotopic (exact) mass is 280 g/mol. The Hall–Kier alpha value is -1.59. The summed E-state index contributed by atoms with van der Waals surface area (Å²) in [5.41, 5.74) is 0.930. The van der Waals surface area contributed by atoms with E-state index in [2.05, 4.69) is 10.5 Å². The molecule has 1 aromatic carbocycles. The topological polar surface area (TPSA) is 63.1 Å². The van der Waals surface area contributed by atoms with Crippen LogP contribution >= 0.6 is 0 Å². The number of ether oxygens (including phenoxy) is 1. The summed E-state index contributed by atoms with van der Waals surface area (Å²) in [6.07, 6.45) is 0.721. The van der Waals surface area contributed by atoms with Gasteiger partial charge in [-0.25, -0.2) is 0 Å². The molecule has 0 fully saturated rings. The van der Waals surface area contributed by atoms with Crippen molar-refractivity contribution in [2.75, 3.05) is 13.7 Å². The molecule has 1 atom stereocenters. The number of aliphatic hydroxyl groups excluding tert-OH is 1. The van der Waals surface area contributed by atoms with Crippen LogP contribution in [0.3, 0.4) is 0 Å². The van der Waals surface area contributed by atoms with Gasteiger partial charge in [0.15, 0.2) is 0 Å². The summed E-state index contributed by atoms with van der Waals surface area (Å²) in [7, 11) is 1.62. The van der Waals surface area contributed by atoms with Crippen LogP contribution in [0.2, 0.25) is 0 Å². The van der Waals surface area contributed by atoms with Crippen LogP contribution < -0.4 is 10.1 Å². The average molecular weight is 280 g/mol. The maximum Gasteiger partial charge on any atom is 0.142 e. The van der Waals surface area contributed by atoms with Gasteiger partial charge in [0, 0.05) is 12.1 Å². The van der Waals surface area contributed by atoms with Crippen molar-refractivity contribution in [1.82, 2.24) is 5.32 Å². The SMILES string of the molecule is COc1cccc(CO/N=C/C(O)CNC(C)(C)C)c1. The maximum atomic E-state index is 9.68. The van der Waals surface area contributed by atoms with Crippen LogP contribution in [0.1, 0.15) is 26.3 Å². The summed E-state index contributed by atoms with van der Waals surface area (Å²) in [5, 5.41) is 16.6. The third-order valence-corrected chi connectivity index (χ3v) is 2.51. The van der Waals surface area contributed by atoms with Crippen LogP contribution in [0.25, 0.3) is 0 Å². The Kier molecular flexibility index (Phi) is 6.48. The largest absolute Gasteiger partial charge is 0.497 e.